The van der Waals surface area contributed by atoms with E-state index in [1.165, 1.54) is 0 Å². The molecular formula is C17H30O3. The van der Waals surface area contributed by atoms with E-state index < -0.39 is 5.79 Å². The molecule has 0 radical (unpaired) electrons. The van der Waals surface area contributed by atoms with Gasteiger partial charge in [-0.3, -0.25) is 0 Å². The van der Waals surface area contributed by atoms with Crippen LogP contribution >= 0.6 is 0 Å². The van der Waals surface area contributed by atoms with Crippen molar-refractivity contribution in [1.29, 1.82) is 0 Å². The quantitative estimate of drug-likeness (QED) is 0.744. The van der Waals surface area contributed by atoms with Crippen molar-refractivity contribution >= 4 is 0 Å². The third-order valence-electron chi connectivity index (χ3n) is 3.39. The Morgan fingerprint density at radius 1 is 1.15 bits per heavy atom. The molecule has 0 amide bonds. The number of hydrogen-bond acceptors (Lipinski definition) is 3. The molecule has 3 nitrogen and oxygen atoms in total. The lowest BCUT2D eigenvalue weighted by atomic mass is 10.0. The summed E-state index contributed by atoms with van der Waals surface area (Å²) in [6.07, 6.45) is 1.31. The highest BCUT2D eigenvalue weighted by Gasteiger charge is 2.28. The van der Waals surface area contributed by atoms with Gasteiger partial charge in [0, 0.05) is 13.0 Å². The van der Waals surface area contributed by atoms with Crippen LogP contribution in [-0.4, -0.2) is 22.6 Å². The van der Waals surface area contributed by atoms with Gasteiger partial charge in [-0.25, -0.2) is 0 Å². The zero-order valence-corrected chi connectivity index (χ0v) is 13.5. The van der Waals surface area contributed by atoms with Crippen LogP contribution in [-0.2, 0) is 4.74 Å². The highest BCUT2D eigenvalue weighted by Crippen LogP contribution is 2.31. The molecule has 1 rings (SSSR count). The molecule has 2 N–H and O–H groups in total. The first-order chi connectivity index (χ1) is 9.56. The number of hydrogen-bond donors (Lipinski definition) is 2. The molecule has 1 unspecified atom stereocenters. The van der Waals surface area contributed by atoms with E-state index in [-0.39, 0.29) is 12.7 Å². The van der Waals surface area contributed by atoms with Gasteiger partial charge in [-0.05, 0) is 30.9 Å². The average Bonchev–Trinajstić information content (AvgIpc) is 2.49. The van der Waals surface area contributed by atoms with Gasteiger partial charge in [0.05, 0.1) is 6.10 Å². The summed E-state index contributed by atoms with van der Waals surface area (Å²) in [5.41, 5.74) is 2.15. The van der Waals surface area contributed by atoms with Gasteiger partial charge >= 0.3 is 0 Å². The topological polar surface area (TPSA) is 49.7 Å². The van der Waals surface area contributed by atoms with E-state index in [0.717, 1.165) is 11.1 Å². The van der Waals surface area contributed by atoms with Crippen molar-refractivity contribution in [3.63, 3.8) is 0 Å². The lowest BCUT2D eigenvalue weighted by Crippen LogP contribution is -2.32. The molecule has 0 saturated carbocycles. The third-order valence-corrected chi connectivity index (χ3v) is 3.39. The maximum absolute atomic E-state index is 10.3. The van der Waals surface area contributed by atoms with Crippen molar-refractivity contribution in [3.8, 4) is 0 Å². The molecule has 0 bridgehead atoms. The molecule has 0 aromatic heterocycles. The van der Waals surface area contributed by atoms with Gasteiger partial charge in [0.2, 0.25) is 0 Å². The molecule has 1 aromatic rings. The van der Waals surface area contributed by atoms with Crippen LogP contribution in [0.25, 0.3) is 0 Å². The number of benzene rings is 1. The number of rotatable bonds is 7. The molecule has 1 atom stereocenters. The summed E-state index contributed by atoms with van der Waals surface area (Å²) in [7, 11) is 0. The first-order valence-corrected chi connectivity index (χ1v) is 7.63. The van der Waals surface area contributed by atoms with Crippen LogP contribution in [0.1, 0.15) is 64.2 Å². The fraction of sp³-hybridized carbons (Fsp3) is 0.647. The molecule has 0 spiro atoms. The largest absolute Gasteiger partial charge is 0.396 e. The smallest absolute Gasteiger partial charge is 0.165 e. The van der Waals surface area contributed by atoms with Crippen LogP contribution in [0.15, 0.2) is 24.3 Å². The first-order valence-electron chi connectivity index (χ1n) is 7.63. The number of aryl methyl sites for hydroxylation is 1. The summed E-state index contributed by atoms with van der Waals surface area (Å²) in [6, 6.07) is 7.93. The van der Waals surface area contributed by atoms with Crippen LogP contribution < -0.4 is 0 Å². The minimum absolute atomic E-state index is 0.0442. The Bertz CT molecular complexity index is 359. The maximum atomic E-state index is 10.3. The van der Waals surface area contributed by atoms with E-state index in [9.17, 15) is 5.11 Å². The Hall–Kier alpha value is -0.900. The predicted octanol–water partition coefficient (Wildman–Crippen LogP) is 3.97. The van der Waals surface area contributed by atoms with Crippen molar-refractivity contribution in [2.75, 3.05) is 6.61 Å². The van der Waals surface area contributed by atoms with Gasteiger partial charge in [-0.2, -0.15) is 0 Å². The predicted molar refractivity (Wildman–Crippen MR) is 83.6 cm³/mol. The molecule has 0 aliphatic rings. The van der Waals surface area contributed by atoms with Crippen LogP contribution in [0.4, 0.5) is 0 Å². The minimum atomic E-state index is -1.11. The molecule has 0 saturated heterocycles. The van der Waals surface area contributed by atoms with E-state index in [1.807, 2.05) is 58.9 Å². The van der Waals surface area contributed by atoms with Crippen molar-refractivity contribution < 1.29 is 14.9 Å². The van der Waals surface area contributed by atoms with Crippen molar-refractivity contribution in [1.82, 2.24) is 0 Å². The molecule has 116 valence electrons. The van der Waals surface area contributed by atoms with E-state index in [1.54, 1.807) is 0 Å². The summed E-state index contributed by atoms with van der Waals surface area (Å²) in [6.45, 7) is 9.86. The first kappa shape index (κ1) is 19.1. The van der Waals surface area contributed by atoms with Crippen molar-refractivity contribution in [3.05, 3.63) is 35.4 Å². The summed E-state index contributed by atoms with van der Waals surface area (Å²) < 4.78 is 5.84. The molecule has 1 aromatic carbocycles. The van der Waals surface area contributed by atoms with Gasteiger partial charge in [-0.15, -0.1) is 0 Å². The SMILES string of the molecule is CC.CCC(O)(CC)OC(CCO)c1ccccc1C. The zero-order valence-electron chi connectivity index (χ0n) is 13.5. The van der Waals surface area contributed by atoms with Gasteiger partial charge in [0.1, 0.15) is 0 Å². The van der Waals surface area contributed by atoms with Crippen molar-refractivity contribution in [2.24, 2.45) is 0 Å². The maximum Gasteiger partial charge on any atom is 0.165 e. The Morgan fingerprint density at radius 3 is 2.15 bits per heavy atom. The number of aliphatic hydroxyl groups is 2. The Morgan fingerprint density at radius 2 is 1.70 bits per heavy atom. The fourth-order valence-electron chi connectivity index (χ4n) is 2.02. The second kappa shape index (κ2) is 9.92. The van der Waals surface area contributed by atoms with Gasteiger partial charge in [-0.1, -0.05) is 52.0 Å². The van der Waals surface area contributed by atoms with Crippen LogP contribution in [0.5, 0.6) is 0 Å². The highest BCUT2D eigenvalue weighted by atomic mass is 16.6. The summed E-state index contributed by atoms with van der Waals surface area (Å²) in [4.78, 5) is 0. The fourth-order valence-corrected chi connectivity index (χ4v) is 2.02. The normalized spacial score (nSPS) is 12.6. The lowest BCUT2D eigenvalue weighted by molar-refractivity contribution is -0.237. The van der Waals surface area contributed by atoms with Crippen molar-refractivity contribution in [2.45, 2.75) is 65.8 Å². The summed E-state index contributed by atoms with van der Waals surface area (Å²) in [5, 5.41) is 19.4. The Labute approximate surface area is 123 Å². The van der Waals surface area contributed by atoms with Crippen LogP contribution in [0, 0.1) is 6.92 Å². The standard InChI is InChI=1S/C15H24O3.C2H6/c1-4-15(17,5-2)18-14(10-11-16)13-9-7-6-8-12(13)3;1-2/h6-9,14,16-17H,4-5,10-11H2,1-3H3;1-2H3. The molecule has 0 aliphatic heterocycles. The van der Waals surface area contributed by atoms with Crippen LogP contribution in [0.2, 0.25) is 0 Å². The minimum Gasteiger partial charge on any atom is -0.396 e. The van der Waals surface area contributed by atoms with Gasteiger partial charge in [0.15, 0.2) is 5.79 Å². The molecule has 0 heterocycles. The monoisotopic (exact) mass is 282 g/mol. The summed E-state index contributed by atoms with van der Waals surface area (Å²) in [5.74, 6) is -1.11. The van der Waals surface area contributed by atoms with E-state index in [4.69, 9.17) is 9.84 Å². The van der Waals surface area contributed by atoms with Crippen LogP contribution in [0.3, 0.4) is 0 Å². The second-order valence-electron chi connectivity index (χ2n) is 4.63. The Kier molecular flexibility index (Phi) is 9.47. The van der Waals surface area contributed by atoms with E-state index in [0.29, 0.717) is 19.3 Å². The second-order valence-corrected chi connectivity index (χ2v) is 4.63. The molecule has 20 heavy (non-hydrogen) atoms. The molecule has 0 aliphatic carbocycles. The van der Waals surface area contributed by atoms with E-state index >= 15 is 0 Å². The third kappa shape index (κ3) is 5.61. The van der Waals surface area contributed by atoms with Gasteiger partial charge in [0.25, 0.3) is 0 Å². The lowest BCUT2D eigenvalue weighted by Gasteiger charge is -2.31. The van der Waals surface area contributed by atoms with Gasteiger partial charge < -0.3 is 14.9 Å². The Balaban J connectivity index is 0.00000172. The number of ether oxygens (including phenoxy) is 1. The highest BCUT2D eigenvalue weighted by molar-refractivity contribution is 5.27. The summed E-state index contributed by atoms with van der Waals surface area (Å²) >= 11 is 0. The molecule has 0 fully saturated rings. The molecular weight excluding hydrogens is 252 g/mol. The average molecular weight is 282 g/mol. The van der Waals surface area contributed by atoms with E-state index in [2.05, 4.69) is 0 Å². The molecule has 3 heteroatoms. The zero-order chi connectivity index (χ0) is 15.6. The number of aliphatic hydroxyl groups excluding tert-OH is 1.